The average molecular weight is 292 g/mol. The van der Waals surface area contributed by atoms with Crippen LogP contribution < -0.4 is 5.32 Å². The zero-order valence-electron chi connectivity index (χ0n) is 13.8. The zero-order valence-corrected chi connectivity index (χ0v) is 13.8. The van der Waals surface area contributed by atoms with Crippen LogP contribution in [0.1, 0.15) is 69.6 Å². The molecule has 1 aliphatic rings. The van der Waals surface area contributed by atoms with Gasteiger partial charge in [-0.05, 0) is 53.5 Å². The Kier molecular flexibility index (Phi) is 5.04. The fraction of sp³-hybridized carbons (Fsp3) is 0.750. The Balaban J connectivity index is 1.88. The van der Waals surface area contributed by atoms with Crippen LogP contribution in [0.2, 0.25) is 0 Å². The molecule has 5 heteroatoms. The minimum absolute atomic E-state index is 0.0851. The summed E-state index contributed by atoms with van der Waals surface area (Å²) in [4.78, 5) is 14.6. The van der Waals surface area contributed by atoms with Crippen molar-refractivity contribution < 1.29 is 4.79 Å². The van der Waals surface area contributed by atoms with Gasteiger partial charge in [-0.2, -0.15) is 5.10 Å². The molecule has 1 amide bonds. The van der Waals surface area contributed by atoms with E-state index in [4.69, 9.17) is 0 Å². The molecule has 0 saturated heterocycles. The molecule has 21 heavy (non-hydrogen) atoms. The summed E-state index contributed by atoms with van der Waals surface area (Å²) in [7, 11) is 0. The van der Waals surface area contributed by atoms with Gasteiger partial charge in [0, 0.05) is 36.3 Å². The summed E-state index contributed by atoms with van der Waals surface area (Å²) < 4.78 is 0. The molecule has 1 aromatic rings. The van der Waals surface area contributed by atoms with E-state index in [9.17, 15) is 4.79 Å². The van der Waals surface area contributed by atoms with Gasteiger partial charge in [-0.15, -0.1) is 0 Å². The van der Waals surface area contributed by atoms with E-state index in [0.717, 1.165) is 12.2 Å². The van der Waals surface area contributed by atoms with E-state index in [1.165, 1.54) is 12.8 Å². The number of carbonyl (C=O) groups excluding carboxylic acids is 1. The van der Waals surface area contributed by atoms with Crippen molar-refractivity contribution in [3.63, 3.8) is 0 Å². The number of nitrogens with one attached hydrogen (secondary N) is 2. The minimum atomic E-state index is -0.0851. The summed E-state index contributed by atoms with van der Waals surface area (Å²) in [5.74, 6) is 0.506. The molecule has 2 N–H and O–H groups in total. The Hall–Kier alpha value is -1.36. The summed E-state index contributed by atoms with van der Waals surface area (Å²) in [5, 5.41) is 10.2. The minimum Gasteiger partial charge on any atom is -0.347 e. The largest absolute Gasteiger partial charge is 0.347 e. The molecule has 1 aromatic heterocycles. The molecule has 0 bridgehead atoms. The smallest absolute Gasteiger partial charge is 0.272 e. The molecule has 1 atom stereocenters. The second-order valence-electron chi connectivity index (χ2n) is 6.74. The number of H-pyrrole nitrogens is 1. The third kappa shape index (κ3) is 4.30. The molecule has 1 aliphatic carbocycles. The van der Waals surface area contributed by atoms with Gasteiger partial charge in [0.15, 0.2) is 0 Å². The third-order valence-electron chi connectivity index (χ3n) is 4.04. The summed E-state index contributed by atoms with van der Waals surface area (Å²) in [6, 6.07) is 2.93. The zero-order chi connectivity index (χ0) is 15.6. The Morgan fingerprint density at radius 2 is 1.95 bits per heavy atom. The quantitative estimate of drug-likeness (QED) is 0.812. The maximum absolute atomic E-state index is 12.2. The predicted molar refractivity (Wildman–Crippen MR) is 84.5 cm³/mol. The molecule has 1 fully saturated rings. The number of nitrogens with zero attached hydrogens (tertiary/aromatic N) is 2. The van der Waals surface area contributed by atoms with Crippen molar-refractivity contribution in [3.8, 4) is 0 Å². The third-order valence-corrected chi connectivity index (χ3v) is 4.04. The number of aromatic amines is 1. The molecule has 0 aliphatic heterocycles. The van der Waals surface area contributed by atoms with Crippen molar-refractivity contribution in [1.82, 2.24) is 20.4 Å². The van der Waals surface area contributed by atoms with Crippen LogP contribution in [0.15, 0.2) is 6.07 Å². The van der Waals surface area contributed by atoms with Crippen LogP contribution in [0, 0.1) is 0 Å². The lowest BCUT2D eigenvalue weighted by molar-refractivity contribution is 0.0906. The van der Waals surface area contributed by atoms with E-state index in [2.05, 4.69) is 48.1 Å². The molecule has 0 unspecified atom stereocenters. The molecule has 1 heterocycles. The van der Waals surface area contributed by atoms with Crippen LogP contribution in [-0.4, -0.2) is 45.7 Å². The van der Waals surface area contributed by atoms with Crippen LogP contribution >= 0.6 is 0 Å². The van der Waals surface area contributed by atoms with Crippen LogP contribution in [-0.2, 0) is 0 Å². The van der Waals surface area contributed by atoms with Gasteiger partial charge in [0.05, 0.1) is 0 Å². The molecule has 5 nitrogen and oxygen atoms in total. The standard InChI is InChI=1S/C16H28N4O/c1-10(2)20(11(3)4)9-12(5)17-16(21)15-8-14(18-19-15)13-6-7-13/h8,10-13H,6-7,9H2,1-5H3,(H,17,21)(H,18,19)/t12-/m1/s1. The average Bonchev–Trinajstić information content (AvgIpc) is 3.12. The maximum Gasteiger partial charge on any atom is 0.272 e. The van der Waals surface area contributed by atoms with Crippen molar-refractivity contribution >= 4 is 5.91 Å². The van der Waals surface area contributed by atoms with Gasteiger partial charge >= 0.3 is 0 Å². The van der Waals surface area contributed by atoms with Gasteiger partial charge in [0.2, 0.25) is 0 Å². The Bertz CT molecular complexity index is 468. The van der Waals surface area contributed by atoms with Gasteiger partial charge in [-0.1, -0.05) is 0 Å². The van der Waals surface area contributed by atoms with Gasteiger partial charge in [-0.25, -0.2) is 0 Å². The van der Waals surface area contributed by atoms with Gasteiger partial charge in [0.25, 0.3) is 5.91 Å². The van der Waals surface area contributed by atoms with E-state index < -0.39 is 0 Å². The predicted octanol–water partition coefficient (Wildman–Crippen LogP) is 2.52. The summed E-state index contributed by atoms with van der Waals surface area (Å²) in [6.07, 6.45) is 2.41. The van der Waals surface area contributed by atoms with E-state index in [1.54, 1.807) is 0 Å². The van der Waals surface area contributed by atoms with Crippen LogP contribution in [0.5, 0.6) is 0 Å². The SMILES string of the molecule is CC(C)N(C[C@@H](C)NC(=O)c1cc(C2CC2)[nH]n1)C(C)C. The first-order chi connectivity index (χ1) is 9.88. The summed E-state index contributed by atoms with van der Waals surface area (Å²) in [5.41, 5.74) is 1.60. The lowest BCUT2D eigenvalue weighted by Crippen LogP contribution is -2.47. The van der Waals surface area contributed by atoms with E-state index >= 15 is 0 Å². The highest BCUT2D eigenvalue weighted by Crippen LogP contribution is 2.38. The Morgan fingerprint density at radius 1 is 1.33 bits per heavy atom. The summed E-state index contributed by atoms with van der Waals surface area (Å²) >= 11 is 0. The topological polar surface area (TPSA) is 61.0 Å². The highest BCUT2D eigenvalue weighted by molar-refractivity contribution is 5.92. The number of rotatable bonds is 7. The molecule has 0 radical (unpaired) electrons. The number of aromatic nitrogens is 2. The molecule has 0 spiro atoms. The monoisotopic (exact) mass is 292 g/mol. The number of carbonyl (C=O) groups is 1. The number of hydrogen-bond acceptors (Lipinski definition) is 3. The van der Waals surface area contributed by atoms with Crippen LogP contribution in [0.4, 0.5) is 0 Å². The van der Waals surface area contributed by atoms with Gasteiger partial charge in [-0.3, -0.25) is 14.8 Å². The van der Waals surface area contributed by atoms with Crippen LogP contribution in [0.25, 0.3) is 0 Å². The molecule has 0 aromatic carbocycles. The molecular formula is C16H28N4O. The van der Waals surface area contributed by atoms with Crippen molar-refractivity contribution in [2.45, 2.75) is 71.5 Å². The van der Waals surface area contributed by atoms with Crippen LogP contribution in [0.3, 0.4) is 0 Å². The normalized spacial score (nSPS) is 16.8. The molecule has 1 saturated carbocycles. The second-order valence-corrected chi connectivity index (χ2v) is 6.74. The van der Waals surface area contributed by atoms with E-state index in [0.29, 0.717) is 23.7 Å². The number of amides is 1. The first kappa shape index (κ1) is 16.0. The Morgan fingerprint density at radius 3 is 2.48 bits per heavy atom. The van der Waals surface area contributed by atoms with Gasteiger partial charge in [0.1, 0.15) is 5.69 Å². The van der Waals surface area contributed by atoms with Crippen molar-refractivity contribution in [2.24, 2.45) is 0 Å². The van der Waals surface area contributed by atoms with Crippen molar-refractivity contribution in [2.75, 3.05) is 6.54 Å². The second kappa shape index (κ2) is 6.60. The van der Waals surface area contributed by atoms with E-state index in [-0.39, 0.29) is 11.9 Å². The maximum atomic E-state index is 12.2. The fourth-order valence-corrected chi connectivity index (χ4v) is 2.73. The van der Waals surface area contributed by atoms with Crippen molar-refractivity contribution in [3.05, 3.63) is 17.5 Å². The molecular weight excluding hydrogens is 264 g/mol. The van der Waals surface area contributed by atoms with E-state index in [1.807, 2.05) is 13.0 Å². The highest BCUT2D eigenvalue weighted by Gasteiger charge is 2.27. The lowest BCUT2D eigenvalue weighted by Gasteiger charge is -2.33. The highest BCUT2D eigenvalue weighted by atomic mass is 16.2. The molecule has 2 rings (SSSR count). The summed E-state index contributed by atoms with van der Waals surface area (Å²) in [6.45, 7) is 11.6. The molecule has 118 valence electrons. The first-order valence-electron chi connectivity index (χ1n) is 8.00. The van der Waals surface area contributed by atoms with Gasteiger partial charge < -0.3 is 5.32 Å². The lowest BCUT2D eigenvalue weighted by atomic mass is 10.2. The van der Waals surface area contributed by atoms with Crippen molar-refractivity contribution in [1.29, 1.82) is 0 Å². The number of hydrogen-bond donors (Lipinski definition) is 2. The first-order valence-corrected chi connectivity index (χ1v) is 8.00. The Labute approximate surface area is 127 Å². The fourth-order valence-electron chi connectivity index (χ4n) is 2.73.